The third-order valence-corrected chi connectivity index (χ3v) is 8.22. The fourth-order valence-electron chi connectivity index (χ4n) is 5.88. The Hall–Kier alpha value is -4.61. The SMILES string of the molecule is Cc1n[nH]c(C)c1-c1ccc(NC(=O)C(NC(=O)c2nonc2C(C)C)C2c3ccc(F)c(F)c3OCC23CC3)cc1. The highest BCUT2D eigenvalue weighted by Gasteiger charge is 2.58. The van der Waals surface area contributed by atoms with Crippen LogP contribution in [-0.2, 0) is 4.79 Å². The summed E-state index contributed by atoms with van der Waals surface area (Å²) in [6.45, 7) is 7.60. The van der Waals surface area contributed by atoms with Gasteiger partial charge in [0.2, 0.25) is 11.7 Å². The Labute approximate surface area is 240 Å². The monoisotopic (exact) mass is 576 g/mol. The van der Waals surface area contributed by atoms with Crippen molar-refractivity contribution in [3.63, 3.8) is 0 Å². The van der Waals surface area contributed by atoms with Crippen LogP contribution in [0.5, 0.6) is 5.75 Å². The summed E-state index contributed by atoms with van der Waals surface area (Å²) in [6.07, 6.45) is 1.38. The molecule has 0 bridgehead atoms. The zero-order valence-electron chi connectivity index (χ0n) is 23.5. The van der Waals surface area contributed by atoms with Crippen LogP contribution in [0.25, 0.3) is 11.1 Å². The number of anilines is 1. The van der Waals surface area contributed by atoms with E-state index in [1.54, 1.807) is 12.1 Å². The molecule has 3 heterocycles. The van der Waals surface area contributed by atoms with Crippen LogP contribution in [0.1, 0.15) is 71.7 Å². The number of carbonyl (C=O) groups is 2. The zero-order valence-corrected chi connectivity index (χ0v) is 23.5. The second-order valence-corrected chi connectivity index (χ2v) is 11.4. The normalized spacial score (nSPS) is 17.5. The summed E-state index contributed by atoms with van der Waals surface area (Å²) in [6, 6.07) is 8.52. The molecular formula is C30H30F2N6O4. The summed E-state index contributed by atoms with van der Waals surface area (Å²) in [7, 11) is 0. The number of hydrogen-bond donors (Lipinski definition) is 3. The van der Waals surface area contributed by atoms with Crippen molar-refractivity contribution in [3.05, 3.63) is 76.4 Å². The van der Waals surface area contributed by atoms with Gasteiger partial charge in [-0.15, -0.1) is 0 Å². The van der Waals surface area contributed by atoms with E-state index in [2.05, 4.69) is 31.1 Å². The predicted octanol–water partition coefficient (Wildman–Crippen LogP) is 5.17. The predicted molar refractivity (Wildman–Crippen MR) is 148 cm³/mol. The fourth-order valence-corrected chi connectivity index (χ4v) is 5.88. The Morgan fingerprint density at radius 3 is 2.45 bits per heavy atom. The molecule has 6 rings (SSSR count). The molecule has 1 spiro atoms. The molecule has 2 unspecified atom stereocenters. The number of hydrogen-bond acceptors (Lipinski definition) is 7. The zero-order chi connectivity index (χ0) is 29.8. The van der Waals surface area contributed by atoms with Crippen LogP contribution < -0.4 is 15.4 Å². The molecule has 1 saturated carbocycles. The first-order valence-electron chi connectivity index (χ1n) is 13.8. The first-order valence-corrected chi connectivity index (χ1v) is 13.8. The molecule has 218 valence electrons. The van der Waals surface area contributed by atoms with E-state index in [1.165, 1.54) is 6.07 Å². The first kappa shape index (κ1) is 27.6. The van der Waals surface area contributed by atoms with Gasteiger partial charge in [0.05, 0.1) is 12.3 Å². The van der Waals surface area contributed by atoms with Gasteiger partial charge >= 0.3 is 0 Å². The van der Waals surface area contributed by atoms with Gasteiger partial charge in [0.25, 0.3) is 5.91 Å². The lowest BCUT2D eigenvalue weighted by Crippen LogP contribution is -2.52. The highest BCUT2D eigenvalue weighted by molar-refractivity contribution is 6.01. The number of aromatic nitrogens is 4. The summed E-state index contributed by atoms with van der Waals surface area (Å²) < 4.78 is 39.5. The van der Waals surface area contributed by atoms with Crippen LogP contribution in [0, 0.1) is 30.9 Å². The number of nitrogens with zero attached hydrogens (tertiary/aromatic N) is 3. The van der Waals surface area contributed by atoms with Crippen LogP contribution in [0.3, 0.4) is 0 Å². The molecule has 1 fully saturated rings. The molecule has 42 heavy (non-hydrogen) atoms. The molecule has 2 aromatic carbocycles. The highest BCUT2D eigenvalue weighted by Crippen LogP contribution is 2.61. The molecular weight excluding hydrogens is 546 g/mol. The van der Waals surface area contributed by atoms with Crippen molar-refractivity contribution in [3.8, 4) is 16.9 Å². The number of fused-ring (bicyclic) bond motifs is 1. The smallest absolute Gasteiger partial charge is 0.276 e. The number of carbonyl (C=O) groups excluding carboxylic acids is 2. The van der Waals surface area contributed by atoms with E-state index in [4.69, 9.17) is 9.37 Å². The maximum absolute atomic E-state index is 14.9. The van der Waals surface area contributed by atoms with Crippen molar-refractivity contribution in [2.24, 2.45) is 5.41 Å². The molecule has 0 saturated heterocycles. The van der Waals surface area contributed by atoms with E-state index in [9.17, 15) is 18.4 Å². The van der Waals surface area contributed by atoms with Crippen molar-refractivity contribution in [2.75, 3.05) is 11.9 Å². The molecule has 2 amide bonds. The van der Waals surface area contributed by atoms with Gasteiger partial charge in [-0.25, -0.2) is 9.02 Å². The number of aromatic amines is 1. The number of amides is 2. The topological polar surface area (TPSA) is 135 Å². The number of nitrogens with one attached hydrogen (secondary N) is 3. The van der Waals surface area contributed by atoms with Crippen LogP contribution in [0.4, 0.5) is 14.5 Å². The molecule has 1 aliphatic carbocycles. The van der Waals surface area contributed by atoms with E-state index >= 15 is 0 Å². The summed E-state index contributed by atoms with van der Waals surface area (Å²) in [5.41, 5.74) is 4.26. The maximum atomic E-state index is 14.9. The van der Waals surface area contributed by atoms with E-state index in [0.29, 0.717) is 29.8 Å². The van der Waals surface area contributed by atoms with Crippen LogP contribution >= 0.6 is 0 Å². The Morgan fingerprint density at radius 2 is 1.81 bits per heavy atom. The molecule has 2 atom stereocenters. The Morgan fingerprint density at radius 1 is 1.07 bits per heavy atom. The van der Waals surface area contributed by atoms with E-state index < -0.39 is 40.8 Å². The average molecular weight is 577 g/mol. The second-order valence-electron chi connectivity index (χ2n) is 11.4. The van der Waals surface area contributed by atoms with E-state index in [1.807, 2.05) is 39.8 Å². The molecule has 12 heteroatoms. The summed E-state index contributed by atoms with van der Waals surface area (Å²) >= 11 is 0. The molecule has 1 aliphatic heterocycles. The molecule has 0 radical (unpaired) electrons. The second kappa shape index (κ2) is 10.3. The van der Waals surface area contributed by atoms with Crippen LogP contribution in [0.2, 0.25) is 0 Å². The standard InChI is InChI=1S/C30H30F2N6O4/c1-14(2)24-26(38-42-37-24)29(40)34-25(22-19-9-10-20(31)23(32)27(19)41-13-30(22)11-12-30)28(39)33-18-7-5-17(6-8-18)21-15(3)35-36-16(21)4/h5-10,14,22,25H,11-13H2,1-4H3,(H,33,39)(H,34,40)(H,35,36). The van der Waals surface area contributed by atoms with E-state index in [-0.39, 0.29) is 24.0 Å². The number of halogens is 2. The fraction of sp³-hybridized carbons (Fsp3) is 0.367. The van der Waals surface area contributed by atoms with Crippen molar-refractivity contribution in [1.29, 1.82) is 0 Å². The van der Waals surface area contributed by atoms with Gasteiger partial charge in [0.15, 0.2) is 17.3 Å². The summed E-state index contributed by atoms with van der Waals surface area (Å²) in [5, 5.41) is 20.6. The summed E-state index contributed by atoms with van der Waals surface area (Å²) in [4.78, 5) is 27.5. The number of H-pyrrole nitrogens is 1. The number of rotatable bonds is 7. The lowest BCUT2D eigenvalue weighted by Gasteiger charge is -2.38. The van der Waals surface area contributed by atoms with Gasteiger partial charge in [0, 0.05) is 39.8 Å². The highest BCUT2D eigenvalue weighted by atomic mass is 19.2. The number of aryl methyl sites for hydroxylation is 2. The van der Waals surface area contributed by atoms with Crippen LogP contribution in [0.15, 0.2) is 41.0 Å². The Kier molecular flexibility index (Phi) is 6.78. The van der Waals surface area contributed by atoms with Gasteiger partial charge in [-0.05, 0) is 55.6 Å². The Bertz CT molecular complexity index is 1660. The Balaban J connectivity index is 1.36. The van der Waals surface area contributed by atoms with Crippen molar-refractivity contribution >= 4 is 17.5 Å². The number of ether oxygens (including phenoxy) is 1. The lowest BCUT2D eigenvalue weighted by molar-refractivity contribution is -0.119. The van der Waals surface area contributed by atoms with E-state index in [0.717, 1.165) is 28.6 Å². The minimum atomic E-state index is -1.18. The van der Waals surface area contributed by atoms with Gasteiger partial charge in [-0.2, -0.15) is 9.49 Å². The molecule has 3 N–H and O–H groups in total. The van der Waals surface area contributed by atoms with Gasteiger partial charge in [-0.1, -0.05) is 37.2 Å². The quantitative estimate of drug-likeness (QED) is 0.276. The minimum Gasteiger partial charge on any atom is -0.489 e. The van der Waals surface area contributed by atoms with Crippen LogP contribution in [-0.4, -0.2) is 45.0 Å². The number of benzene rings is 2. The van der Waals surface area contributed by atoms with Crippen molar-refractivity contribution in [1.82, 2.24) is 25.8 Å². The van der Waals surface area contributed by atoms with Gasteiger partial charge < -0.3 is 15.4 Å². The first-order chi connectivity index (χ1) is 20.1. The minimum absolute atomic E-state index is 0.0413. The summed E-state index contributed by atoms with van der Waals surface area (Å²) in [5.74, 6) is -4.47. The third-order valence-electron chi connectivity index (χ3n) is 8.22. The average Bonchev–Trinajstić information content (AvgIpc) is 3.39. The largest absolute Gasteiger partial charge is 0.489 e. The lowest BCUT2D eigenvalue weighted by atomic mass is 9.75. The molecule has 2 aliphatic rings. The molecule has 10 nitrogen and oxygen atoms in total. The molecule has 2 aromatic heterocycles. The third kappa shape index (κ3) is 4.70. The maximum Gasteiger partial charge on any atom is 0.276 e. The van der Waals surface area contributed by atoms with Crippen molar-refractivity contribution < 1.29 is 27.7 Å². The molecule has 4 aromatic rings. The van der Waals surface area contributed by atoms with Gasteiger partial charge in [0.1, 0.15) is 11.7 Å². The van der Waals surface area contributed by atoms with Crippen molar-refractivity contribution in [2.45, 2.75) is 58.4 Å². The van der Waals surface area contributed by atoms with Gasteiger partial charge in [-0.3, -0.25) is 14.7 Å².